The number of benzene rings is 3. The van der Waals surface area contributed by atoms with E-state index in [0.717, 1.165) is 12.0 Å². The highest BCUT2D eigenvalue weighted by molar-refractivity contribution is 5.91. The number of nitriles is 1. The molecule has 0 bridgehead atoms. The van der Waals surface area contributed by atoms with Gasteiger partial charge in [-0.2, -0.15) is 5.26 Å². The Morgan fingerprint density at radius 2 is 1.72 bits per heavy atom. The molecule has 0 aliphatic carbocycles. The van der Waals surface area contributed by atoms with Gasteiger partial charge in [-0.15, -0.1) is 0 Å². The fourth-order valence-electron chi connectivity index (χ4n) is 3.95. The molecule has 4 rings (SSSR count). The minimum atomic E-state index is -0.523. The molecule has 1 atom stereocenters. The summed E-state index contributed by atoms with van der Waals surface area (Å²) in [6.07, 6.45) is 0.895. The van der Waals surface area contributed by atoms with Gasteiger partial charge in [0, 0.05) is 11.6 Å². The molecule has 184 valence electrons. The number of esters is 1. The van der Waals surface area contributed by atoms with Gasteiger partial charge in [-0.25, -0.2) is 4.79 Å². The molecule has 1 aliphatic heterocycles. The van der Waals surface area contributed by atoms with Crippen LogP contribution in [-0.4, -0.2) is 26.8 Å². The molecule has 1 aliphatic rings. The van der Waals surface area contributed by atoms with Crippen molar-refractivity contribution in [3.63, 3.8) is 0 Å². The van der Waals surface area contributed by atoms with Crippen LogP contribution in [0.25, 0.3) is 0 Å². The van der Waals surface area contributed by atoms with E-state index in [2.05, 4.69) is 6.07 Å². The average molecular weight is 487 g/mol. The number of rotatable bonds is 8. The number of fused-ring (bicyclic) bond motifs is 1. The summed E-state index contributed by atoms with van der Waals surface area (Å²) in [6, 6.07) is 19.3. The van der Waals surface area contributed by atoms with E-state index in [4.69, 9.17) is 29.4 Å². The van der Waals surface area contributed by atoms with E-state index in [9.17, 15) is 10.1 Å². The van der Waals surface area contributed by atoms with Crippen LogP contribution in [0.5, 0.6) is 28.7 Å². The summed E-state index contributed by atoms with van der Waals surface area (Å²) in [6.45, 7) is 2.63. The average Bonchev–Trinajstić information content (AvgIpc) is 2.90. The lowest BCUT2D eigenvalue weighted by Crippen LogP contribution is -2.21. The summed E-state index contributed by atoms with van der Waals surface area (Å²) in [5, 5.41) is 9.81. The molecular weight excluding hydrogens is 460 g/mol. The Labute approximate surface area is 209 Å². The van der Waals surface area contributed by atoms with Crippen LogP contribution in [0.2, 0.25) is 0 Å². The minimum absolute atomic E-state index is 0.0177. The second kappa shape index (κ2) is 10.7. The Hall–Kier alpha value is -4.64. The van der Waals surface area contributed by atoms with Crippen LogP contribution in [0.4, 0.5) is 0 Å². The number of hydrogen-bond donors (Lipinski definition) is 1. The van der Waals surface area contributed by atoms with Gasteiger partial charge in [-0.3, -0.25) is 0 Å². The monoisotopic (exact) mass is 486 g/mol. The highest BCUT2D eigenvalue weighted by Crippen LogP contribution is 2.45. The number of allylic oxidation sites excluding steroid dienone is 1. The van der Waals surface area contributed by atoms with Crippen molar-refractivity contribution in [2.45, 2.75) is 19.3 Å². The summed E-state index contributed by atoms with van der Waals surface area (Å²) < 4.78 is 27.6. The summed E-state index contributed by atoms with van der Waals surface area (Å²) >= 11 is 0. The fourth-order valence-corrected chi connectivity index (χ4v) is 3.95. The SMILES string of the molecule is CCCOc1ccc(C(=O)Oc2ccc3c(c2)OC(N)=C(C#N)C3c2ccc(OC)c(OC)c2)cc1. The van der Waals surface area contributed by atoms with Crippen molar-refractivity contribution in [1.29, 1.82) is 5.26 Å². The number of carbonyl (C=O) groups excluding carboxylic acids is 1. The first kappa shape index (κ1) is 24.5. The zero-order valence-corrected chi connectivity index (χ0v) is 20.2. The van der Waals surface area contributed by atoms with Crippen LogP contribution in [0.15, 0.2) is 72.1 Å². The van der Waals surface area contributed by atoms with Gasteiger partial charge in [-0.1, -0.05) is 19.1 Å². The van der Waals surface area contributed by atoms with Crippen LogP contribution in [-0.2, 0) is 0 Å². The van der Waals surface area contributed by atoms with Crippen LogP contribution >= 0.6 is 0 Å². The van der Waals surface area contributed by atoms with Crippen molar-refractivity contribution in [1.82, 2.24) is 0 Å². The molecule has 0 fully saturated rings. The smallest absolute Gasteiger partial charge is 0.343 e. The molecule has 3 aromatic rings. The summed E-state index contributed by atoms with van der Waals surface area (Å²) in [4.78, 5) is 12.7. The number of nitrogens with two attached hydrogens (primary N) is 1. The standard InChI is InChI=1S/C28H26N2O6/c1-4-13-34-19-8-5-17(6-9-19)28(31)35-20-10-11-21-24(15-20)36-27(30)22(16-29)26(21)18-7-12-23(32-2)25(14-18)33-3/h5-12,14-15,26H,4,13,30H2,1-3H3. The second-order valence-electron chi connectivity index (χ2n) is 8.00. The van der Waals surface area contributed by atoms with Gasteiger partial charge < -0.3 is 29.4 Å². The molecule has 0 saturated heterocycles. The zero-order valence-electron chi connectivity index (χ0n) is 20.2. The zero-order chi connectivity index (χ0) is 25.7. The molecule has 0 amide bonds. The third kappa shape index (κ3) is 4.91. The highest BCUT2D eigenvalue weighted by atomic mass is 16.5. The molecule has 36 heavy (non-hydrogen) atoms. The Morgan fingerprint density at radius 1 is 1.00 bits per heavy atom. The van der Waals surface area contributed by atoms with E-state index in [1.165, 1.54) is 0 Å². The second-order valence-corrected chi connectivity index (χ2v) is 8.00. The maximum absolute atomic E-state index is 12.7. The maximum Gasteiger partial charge on any atom is 0.343 e. The normalized spacial score (nSPS) is 14.2. The van der Waals surface area contributed by atoms with Gasteiger partial charge in [0.05, 0.1) is 32.3 Å². The van der Waals surface area contributed by atoms with E-state index >= 15 is 0 Å². The van der Waals surface area contributed by atoms with Crippen molar-refractivity contribution in [2.24, 2.45) is 5.73 Å². The lowest BCUT2D eigenvalue weighted by molar-refractivity contribution is 0.0734. The number of methoxy groups -OCH3 is 2. The predicted molar refractivity (Wildman–Crippen MR) is 132 cm³/mol. The fraction of sp³-hybridized carbons (Fsp3) is 0.214. The number of hydrogen-bond acceptors (Lipinski definition) is 8. The van der Waals surface area contributed by atoms with E-state index in [0.29, 0.717) is 40.7 Å². The summed E-state index contributed by atoms with van der Waals surface area (Å²) in [7, 11) is 3.10. The molecule has 8 heteroatoms. The van der Waals surface area contributed by atoms with E-state index in [-0.39, 0.29) is 17.2 Å². The lowest BCUT2D eigenvalue weighted by atomic mass is 9.83. The van der Waals surface area contributed by atoms with Crippen molar-refractivity contribution in [3.05, 3.63) is 88.8 Å². The molecule has 2 N–H and O–H groups in total. The van der Waals surface area contributed by atoms with Crippen LogP contribution in [0.1, 0.15) is 40.7 Å². The van der Waals surface area contributed by atoms with Crippen LogP contribution in [0, 0.1) is 11.3 Å². The van der Waals surface area contributed by atoms with Crippen molar-refractivity contribution in [3.8, 4) is 34.8 Å². The number of carbonyl (C=O) groups is 1. The largest absolute Gasteiger partial charge is 0.494 e. The van der Waals surface area contributed by atoms with E-state index in [1.54, 1.807) is 68.8 Å². The third-order valence-corrected chi connectivity index (χ3v) is 5.70. The van der Waals surface area contributed by atoms with E-state index in [1.807, 2.05) is 13.0 Å². The van der Waals surface area contributed by atoms with Gasteiger partial charge in [0.1, 0.15) is 28.9 Å². The molecule has 3 aromatic carbocycles. The predicted octanol–water partition coefficient (Wildman–Crippen LogP) is 4.93. The van der Waals surface area contributed by atoms with Crippen molar-refractivity contribution >= 4 is 5.97 Å². The Balaban J connectivity index is 1.62. The van der Waals surface area contributed by atoms with Crippen molar-refractivity contribution < 1.29 is 28.5 Å². The highest BCUT2D eigenvalue weighted by Gasteiger charge is 2.31. The summed E-state index contributed by atoms with van der Waals surface area (Å²) in [5.74, 6) is 1.41. The van der Waals surface area contributed by atoms with Gasteiger partial charge >= 0.3 is 5.97 Å². The Morgan fingerprint density at radius 3 is 2.39 bits per heavy atom. The first-order chi connectivity index (χ1) is 17.5. The molecule has 0 spiro atoms. The van der Waals surface area contributed by atoms with Crippen molar-refractivity contribution in [2.75, 3.05) is 20.8 Å². The first-order valence-corrected chi connectivity index (χ1v) is 11.4. The van der Waals surface area contributed by atoms with Crippen LogP contribution < -0.4 is 29.4 Å². The van der Waals surface area contributed by atoms with Gasteiger partial charge in [0.25, 0.3) is 0 Å². The molecule has 0 aromatic heterocycles. The molecule has 8 nitrogen and oxygen atoms in total. The molecule has 1 heterocycles. The Bertz CT molecular complexity index is 1340. The third-order valence-electron chi connectivity index (χ3n) is 5.70. The molecular formula is C28H26N2O6. The number of ether oxygens (including phenoxy) is 5. The molecule has 0 saturated carbocycles. The van der Waals surface area contributed by atoms with E-state index < -0.39 is 11.9 Å². The van der Waals surface area contributed by atoms with Gasteiger partial charge in [0.2, 0.25) is 5.88 Å². The first-order valence-electron chi connectivity index (χ1n) is 11.4. The topological polar surface area (TPSA) is 113 Å². The number of nitrogens with zero attached hydrogens (tertiary/aromatic N) is 1. The van der Waals surface area contributed by atoms with Gasteiger partial charge in [0.15, 0.2) is 11.5 Å². The lowest BCUT2D eigenvalue weighted by Gasteiger charge is -2.27. The molecule has 1 unspecified atom stereocenters. The Kier molecular flexibility index (Phi) is 7.31. The minimum Gasteiger partial charge on any atom is -0.494 e. The van der Waals surface area contributed by atoms with Crippen LogP contribution in [0.3, 0.4) is 0 Å². The molecule has 0 radical (unpaired) electrons. The van der Waals surface area contributed by atoms with Gasteiger partial charge in [-0.05, 0) is 54.4 Å². The quantitative estimate of drug-likeness (QED) is 0.352. The maximum atomic E-state index is 12.7. The summed E-state index contributed by atoms with van der Waals surface area (Å²) in [5.41, 5.74) is 8.23.